The van der Waals surface area contributed by atoms with Crippen molar-refractivity contribution in [2.24, 2.45) is 5.92 Å². The highest BCUT2D eigenvalue weighted by Gasteiger charge is 2.28. The van der Waals surface area contributed by atoms with Crippen LogP contribution in [0.5, 0.6) is 5.75 Å². The van der Waals surface area contributed by atoms with Crippen LogP contribution in [0.1, 0.15) is 33.8 Å². The van der Waals surface area contributed by atoms with Crippen molar-refractivity contribution >= 4 is 17.5 Å². The summed E-state index contributed by atoms with van der Waals surface area (Å²) in [6.07, 6.45) is 0.947. The van der Waals surface area contributed by atoms with Gasteiger partial charge in [-0.05, 0) is 43.5 Å². The van der Waals surface area contributed by atoms with Crippen molar-refractivity contribution in [2.75, 3.05) is 26.8 Å². The molecule has 7 heteroatoms. The molecule has 1 aliphatic heterocycles. The molecule has 1 aromatic carbocycles. The highest BCUT2D eigenvalue weighted by molar-refractivity contribution is 6.32. The van der Waals surface area contributed by atoms with Gasteiger partial charge in [0.2, 0.25) is 0 Å². The number of halogens is 1. The smallest absolute Gasteiger partial charge is 0.276 e. The quantitative estimate of drug-likeness (QED) is 0.767. The summed E-state index contributed by atoms with van der Waals surface area (Å²) in [6.45, 7) is 6.14. The van der Waals surface area contributed by atoms with E-state index >= 15 is 0 Å². The molecule has 0 spiro atoms. The monoisotopic (exact) mass is 378 g/mol. The first kappa shape index (κ1) is 18.7. The van der Waals surface area contributed by atoms with E-state index < -0.39 is 0 Å². The van der Waals surface area contributed by atoms with Gasteiger partial charge in [0.25, 0.3) is 5.91 Å². The van der Waals surface area contributed by atoms with Crippen LogP contribution in [-0.2, 0) is 11.3 Å². The lowest BCUT2D eigenvalue weighted by molar-refractivity contribution is 0.0765. The zero-order valence-electron chi connectivity index (χ0n) is 15.3. The summed E-state index contributed by atoms with van der Waals surface area (Å²) in [5, 5.41) is 4.63. The first-order valence-corrected chi connectivity index (χ1v) is 8.99. The Morgan fingerprint density at radius 3 is 2.77 bits per heavy atom. The molecule has 0 unspecified atom stereocenters. The van der Waals surface area contributed by atoms with Gasteiger partial charge in [-0.3, -0.25) is 4.79 Å². The second-order valence-corrected chi connectivity index (χ2v) is 7.08. The summed E-state index contributed by atoms with van der Waals surface area (Å²) in [5.41, 5.74) is 2.22. The molecule has 26 heavy (non-hydrogen) atoms. The first-order valence-electron chi connectivity index (χ1n) is 8.61. The number of amides is 1. The fourth-order valence-corrected chi connectivity index (χ4v) is 3.29. The van der Waals surface area contributed by atoms with Gasteiger partial charge in [0.15, 0.2) is 11.5 Å². The Bertz CT molecular complexity index is 767. The fraction of sp³-hybridized carbons (Fsp3) is 0.474. The standard InChI is InChI=1S/C19H23ClN2O4/c1-12-6-15(7-13(2)18(12)20)25-11-16-8-17(21-26-16)19(23)22-5-4-14(9-22)10-24-3/h6-8,14H,4-5,9-11H2,1-3H3/t14-/m0/s1. The van der Waals surface area contributed by atoms with E-state index in [0.29, 0.717) is 36.3 Å². The SMILES string of the molecule is COC[C@H]1CCN(C(=O)c2cc(COc3cc(C)c(Cl)c(C)c3)on2)C1. The van der Waals surface area contributed by atoms with Gasteiger partial charge in [-0.15, -0.1) is 0 Å². The zero-order chi connectivity index (χ0) is 18.7. The molecule has 1 atom stereocenters. The number of hydrogen-bond acceptors (Lipinski definition) is 5. The molecule has 2 aromatic rings. The number of hydrogen-bond donors (Lipinski definition) is 0. The minimum Gasteiger partial charge on any atom is -0.486 e. The first-order chi connectivity index (χ1) is 12.5. The van der Waals surface area contributed by atoms with E-state index in [1.165, 1.54) is 0 Å². The Kier molecular flexibility index (Phi) is 5.84. The molecule has 140 valence electrons. The van der Waals surface area contributed by atoms with Gasteiger partial charge in [0, 0.05) is 37.2 Å². The largest absolute Gasteiger partial charge is 0.486 e. The van der Waals surface area contributed by atoms with Crippen molar-refractivity contribution in [2.45, 2.75) is 26.9 Å². The minimum atomic E-state index is -0.114. The minimum absolute atomic E-state index is 0.114. The van der Waals surface area contributed by atoms with Crippen molar-refractivity contribution in [3.8, 4) is 5.75 Å². The average Bonchev–Trinajstić information content (AvgIpc) is 3.27. The summed E-state index contributed by atoms with van der Waals surface area (Å²) in [5.74, 6) is 1.48. The molecule has 1 fully saturated rings. The summed E-state index contributed by atoms with van der Waals surface area (Å²) < 4.78 is 16.2. The molecule has 0 radical (unpaired) electrons. The van der Waals surface area contributed by atoms with Crippen molar-refractivity contribution in [3.63, 3.8) is 0 Å². The highest BCUT2D eigenvalue weighted by atomic mass is 35.5. The van der Waals surface area contributed by atoms with Gasteiger partial charge in [-0.1, -0.05) is 16.8 Å². The number of carbonyl (C=O) groups excluding carboxylic acids is 1. The fourth-order valence-electron chi connectivity index (χ4n) is 3.18. The molecular formula is C19H23ClN2O4. The summed E-state index contributed by atoms with van der Waals surface area (Å²) in [7, 11) is 1.68. The lowest BCUT2D eigenvalue weighted by atomic mass is 10.1. The lowest BCUT2D eigenvalue weighted by Crippen LogP contribution is -2.29. The Labute approximate surface area is 158 Å². The molecule has 1 aliphatic rings. The lowest BCUT2D eigenvalue weighted by Gasteiger charge is -2.14. The summed E-state index contributed by atoms with van der Waals surface area (Å²) in [6, 6.07) is 5.39. The number of benzene rings is 1. The molecule has 0 N–H and O–H groups in total. The van der Waals surface area contributed by atoms with Gasteiger partial charge < -0.3 is 18.9 Å². The Morgan fingerprint density at radius 1 is 1.35 bits per heavy atom. The number of likely N-dealkylation sites (tertiary alicyclic amines) is 1. The maximum Gasteiger partial charge on any atom is 0.276 e. The van der Waals surface area contributed by atoms with Crippen LogP contribution < -0.4 is 4.74 Å². The normalized spacial score (nSPS) is 16.9. The number of nitrogens with zero attached hydrogens (tertiary/aromatic N) is 2. The number of rotatable bonds is 6. The van der Waals surface area contributed by atoms with Crippen molar-refractivity contribution in [1.82, 2.24) is 10.1 Å². The Morgan fingerprint density at radius 2 is 2.08 bits per heavy atom. The molecule has 1 saturated heterocycles. The molecule has 1 aromatic heterocycles. The van der Waals surface area contributed by atoms with Gasteiger partial charge in [0.1, 0.15) is 12.4 Å². The van der Waals surface area contributed by atoms with Crippen LogP contribution in [0.15, 0.2) is 22.7 Å². The van der Waals surface area contributed by atoms with E-state index in [1.807, 2.05) is 26.0 Å². The molecule has 0 bridgehead atoms. The average molecular weight is 379 g/mol. The van der Waals surface area contributed by atoms with Crippen LogP contribution in [0.2, 0.25) is 5.02 Å². The molecule has 1 amide bonds. The molecular weight excluding hydrogens is 356 g/mol. The molecule has 6 nitrogen and oxygen atoms in total. The molecule has 3 rings (SSSR count). The van der Waals surface area contributed by atoms with Crippen molar-refractivity contribution in [3.05, 3.63) is 45.8 Å². The second-order valence-electron chi connectivity index (χ2n) is 6.70. The van der Waals surface area contributed by atoms with Crippen LogP contribution in [0.4, 0.5) is 0 Å². The third-order valence-electron chi connectivity index (χ3n) is 4.54. The van der Waals surface area contributed by atoms with Crippen LogP contribution in [-0.4, -0.2) is 42.8 Å². The highest BCUT2D eigenvalue weighted by Crippen LogP contribution is 2.26. The van der Waals surface area contributed by atoms with E-state index in [0.717, 1.165) is 29.1 Å². The van der Waals surface area contributed by atoms with Crippen molar-refractivity contribution in [1.29, 1.82) is 0 Å². The zero-order valence-corrected chi connectivity index (χ0v) is 16.0. The van der Waals surface area contributed by atoms with Gasteiger partial charge in [0.05, 0.1) is 6.61 Å². The summed E-state index contributed by atoms with van der Waals surface area (Å²) in [4.78, 5) is 14.3. The third-order valence-corrected chi connectivity index (χ3v) is 5.14. The van der Waals surface area contributed by atoms with Crippen LogP contribution >= 0.6 is 11.6 Å². The van der Waals surface area contributed by atoms with E-state index in [1.54, 1.807) is 18.1 Å². The molecule has 0 aliphatic carbocycles. The molecule has 2 heterocycles. The number of ether oxygens (including phenoxy) is 2. The van der Waals surface area contributed by atoms with E-state index in [9.17, 15) is 4.79 Å². The third kappa shape index (κ3) is 4.19. The number of carbonyl (C=O) groups is 1. The van der Waals surface area contributed by atoms with E-state index in [2.05, 4.69) is 5.16 Å². The molecule has 0 saturated carbocycles. The van der Waals surface area contributed by atoms with E-state index in [-0.39, 0.29) is 12.5 Å². The predicted molar refractivity (Wildman–Crippen MR) is 97.6 cm³/mol. The number of aryl methyl sites for hydroxylation is 2. The van der Waals surface area contributed by atoms with E-state index in [4.69, 9.17) is 25.6 Å². The second kappa shape index (κ2) is 8.10. The van der Waals surface area contributed by atoms with Crippen LogP contribution in [0, 0.1) is 19.8 Å². The van der Waals surface area contributed by atoms with Gasteiger partial charge in [-0.2, -0.15) is 0 Å². The van der Waals surface area contributed by atoms with Crippen LogP contribution in [0.25, 0.3) is 0 Å². The maximum atomic E-state index is 12.5. The number of aromatic nitrogens is 1. The van der Waals surface area contributed by atoms with Crippen LogP contribution in [0.3, 0.4) is 0 Å². The Hall–Kier alpha value is -2.05. The summed E-state index contributed by atoms with van der Waals surface area (Å²) >= 11 is 6.16. The van der Waals surface area contributed by atoms with Gasteiger partial charge in [-0.25, -0.2) is 0 Å². The maximum absolute atomic E-state index is 12.5. The number of methoxy groups -OCH3 is 1. The Balaban J connectivity index is 1.59. The van der Waals surface area contributed by atoms with Crippen molar-refractivity contribution < 1.29 is 18.8 Å². The topological polar surface area (TPSA) is 64.8 Å². The van der Waals surface area contributed by atoms with Gasteiger partial charge >= 0.3 is 0 Å². The predicted octanol–water partition coefficient (Wildman–Crippen LogP) is 3.63.